The first-order valence-electron chi connectivity index (χ1n) is 7.78. The van der Waals surface area contributed by atoms with E-state index < -0.39 is 0 Å². The Bertz CT molecular complexity index is 466. The molecule has 0 saturated carbocycles. The van der Waals surface area contributed by atoms with Crippen molar-refractivity contribution in [2.24, 2.45) is 11.7 Å². The molecule has 1 fully saturated rings. The van der Waals surface area contributed by atoms with E-state index in [2.05, 4.69) is 11.8 Å². The van der Waals surface area contributed by atoms with Crippen molar-refractivity contribution >= 4 is 0 Å². The maximum absolute atomic E-state index is 13.6. The lowest BCUT2D eigenvalue weighted by atomic mass is 9.95. The summed E-state index contributed by atoms with van der Waals surface area (Å²) in [6, 6.07) is 5.18. The fourth-order valence-corrected chi connectivity index (χ4v) is 2.94. The topological polar surface area (TPSA) is 38.5 Å². The van der Waals surface area contributed by atoms with Gasteiger partial charge in [0.1, 0.15) is 5.82 Å². The van der Waals surface area contributed by atoms with Crippen LogP contribution < -0.4 is 5.73 Å². The molecular formula is C17H27FN2O. The van der Waals surface area contributed by atoms with Crippen LogP contribution in [0, 0.1) is 18.7 Å². The van der Waals surface area contributed by atoms with E-state index in [9.17, 15) is 4.39 Å². The van der Waals surface area contributed by atoms with E-state index in [-0.39, 0.29) is 11.9 Å². The minimum Gasteiger partial charge on any atom is -0.380 e. The smallest absolute Gasteiger partial charge is 0.126 e. The van der Waals surface area contributed by atoms with Crippen molar-refractivity contribution < 1.29 is 9.13 Å². The van der Waals surface area contributed by atoms with E-state index in [1.165, 1.54) is 0 Å². The zero-order valence-corrected chi connectivity index (χ0v) is 13.3. The summed E-state index contributed by atoms with van der Waals surface area (Å²) < 4.78 is 19.1. The number of hydrogen-bond donors (Lipinski definition) is 1. The highest BCUT2D eigenvalue weighted by Gasteiger charge is 2.26. The first-order valence-corrected chi connectivity index (χ1v) is 7.78. The molecular weight excluding hydrogens is 267 g/mol. The zero-order valence-electron chi connectivity index (χ0n) is 13.3. The van der Waals surface area contributed by atoms with Gasteiger partial charge in [-0.2, -0.15) is 0 Å². The van der Waals surface area contributed by atoms with Crippen LogP contribution in [-0.2, 0) is 4.74 Å². The Hall–Kier alpha value is -0.970. The quantitative estimate of drug-likeness (QED) is 0.907. The molecule has 4 heteroatoms. The number of piperidine rings is 1. The van der Waals surface area contributed by atoms with Gasteiger partial charge in [-0.15, -0.1) is 0 Å². The first-order chi connectivity index (χ1) is 10.0. The molecule has 1 heterocycles. The summed E-state index contributed by atoms with van der Waals surface area (Å²) in [7, 11) is 1.78. The fourth-order valence-electron chi connectivity index (χ4n) is 2.94. The molecule has 2 N–H and O–H groups in total. The van der Waals surface area contributed by atoms with Gasteiger partial charge in [-0.3, -0.25) is 0 Å². The number of aryl methyl sites for hydroxylation is 1. The Morgan fingerprint density at radius 2 is 2.24 bits per heavy atom. The maximum Gasteiger partial charge on any atom is 0.126 e. The van der Waals surface area contributed by atoms with Crippen molar-refractivity contribution in [2.75, 3.05) is 26.7 Å². The molecule has 0 aromatic heterocycles. The minimum absolute atomic E-state index is 0.111. The molecule has 1 aromatic rings. The van der Waals surface area contributed by atoms with Crippen LogP contribution in [-0.4, -0.2) is 37.7 Å². The predicted molar refractivity (Wildman–Crippen MR) is 83.7 cm³/mol. The lowest BCUT2D eigenvalue weighted by Gasteiger charge is -2.36. The van der Waals surface area contributed by atoms with Crippen LogP contribution in [0.4, 0.5) is 4.39 Å². The highest BCUT2D eigenvalue weighted by Crippen LogP contribution is 2.22. The molecule has 2 rings (SSSR count). The lowest BCUT2D eigenvalue weighted by molar-refractivity contribution is -0.00556. The van der Waals surface area contributed by atoms with Gasteiger partial charge in [0.2, 0.25) is 0 Å². The molecule has 1 aromatic carbocycles. The van der Waals surface area contributed by atoms with Crippen molar-refractivity contribution in [3.63, 3.8) is 0 Å². The van der Waals surface area contributed by atoms with Crippen LogP contribution in [0.25, 0.3) is 0 Å². The summed E-state index contributed by atoms with van der Waals surface area (Å²) in [6.07, 6.45) is 2.31. The van der Waals surface area contributed by atoms with Crippen LogP contribution in [0.3, 0.4) is 0 Å². The van der Waals surface area contributed by atoms with Crippen molar-refractivity contribution in [1.29, 1.82) is 0 Å². The number of halogens is 1. The van der Waals surface area contributed by atoms with Crippen LogP contribution >= 0.6 is 0 Å². The fraction of sp³-hybridized carbons (Fsp3) is 0.647. The van der Waals surface area contributed by atoms with E-state index in [4.69, 9.17) is 10.5 Å². The number of methoxy groups -OCH3 is 1. The minimum atomic E-state index is -0.172. The lowest BCUT2D eigenvalue weighted by Crippen LogP contribution is -2.44. The average molecular weight is 294 g/mol. The molecule has 1 saturated heterocycles. The number of rotatable bonds is 5. The van der Waals surface area contributed by atoms with Gasteiger partial charge in [0, 0.05) is 26.2 Å². The van der Waals surface area contributed by atoms with Crippen LogP contribution in [0.1, 0.15) is 36.9 Å². The summed E-state index contributed by atoms with van der Waals surface area (Å²) in [4.78, 5) is 2.40. The van der Waals surface area contributed by atoms with E-state index >= 15 is 0 Å². The molecule has 3 unspecified atom stereocenters. The Balaban J connectivity index is 1.86. The van der Waals surface area contributed by atoms with E-state index in [0.717, 1.165) is 38.0 Å². The van der Waals surface area contributed by atoms with Crippen LogP contribution in [0.2, 0.25) is 0 Å². The molecule has 0 amide bonds. The number of likely N-dealkylation sites (tertiary alicyclic amines) is 1. The second-order valence-corrected chi connectivity index (χ2v) is 6.24. The predicted octanol–water partition coefficient (Wildman–Crippen LogP) is 2.88. The largest absolute Gasteiger partial charge is 0.380 e. The SMILES string of the molecule is COC1CN(CCC(N)c2ccc(C)c(F)c2)CCC1C. The molecule has 118 valence electrons. The first kappa shape index (κ1) is 16.4. The zero-order chi connectivity index (χ0) is 15.4. The molecule has 3 nitrogen and oxygen atoms in total. The third-order valence-corrected chi connectivity index (χ3v) is 4.66. The van der Waals surface area contributed by atoms with E-state index in [1.54, 1.807) is 26.2 Å². The second kappa shape index (κ2) is 7.34. The molecule has 1 aliphatic rings. The van der Waals surface area contributed by atoms with Gasteiger partial charge < -0.3 is 15.4 Å². The number of nitrogens with zero attached hydrogens (tertiary/aromatic N) is 1. The normalized spacial score (nSPS) is 25.0. The van der Waals surface area contributed by atoms with Crippen LogP contribution in [0.5, 0.6) is 0 Å². The highest BCUT2D eigenvalue weighted by molar-refractivity contribution is 5.25. The summed E-state index contributed by atoms with van der Waals surface area (Å²) >= 11 is 0. The molecule has 0 radical (unpaired) electrons. The van der Waals surface area contributed by atoms with Crippen molar-refractivity contribution in [3.05, 3.63) is 35.1 Å². The van der Waals surface area contributed by atoms with Crippen LogP contribution in [0.15, 0.2) is 18.2 Å². The highest BCUT2D eigenvalue weighted by atomic mass is 19.1. The molecule has 0 bridgehead atoms. The van der Waals surface area contributed by atoms with Gasteiger partial charge in [0.25, 0.3) is 0 Å². The average Bonchev–Trinajstić information content (AvgIpc) is 2.48. The Kier molecular flexibility index (Phi) is 5.73. The third-order valence-electron chi connectivity index (χ3n) is 4.66. The third kappa shape index (κ3) is 4.25. The van der Waals surface area contributed by atoms with Gasteiger partial charge in [-0.05, 0) is 49.4 Å². The second-order valence-electron chi connectivity index (χ2n) is 6.24. The van der Waals surface area contributed by atoms with Gasteiger partial charge >= 0.3 is 0 Å². The number of nitrogens with two attached hydrogens (primary N) is 1. The van der Waals surface area contributed by atoms with Crippen molar-refractivity contribution in [1.82, 2.24) is 4.90 Å². The maximum atomic E-state index is 13.6. The summed E-state index contributed by atoms with van der Waals surface area (Å²) in [5.41, 5.74) is 7.75. The van der Waals surface area contributed by atoms with E-state index in [0.29, 0.717) is 17.6 Å². The summed E-state index contributed by atoms with van der Waals surface area (Å²) in [5, 5.41) is 0. The van der Waals surface area contributed by atoms with Gasteiger partial charge in [-0.25, -0.2) is 4.39 Å². The standard InChI is InChI=1S/C17H27FN2O/c1-12-4-5-14(10-15(12)18)16(19)7-9-20-8-6-13(2)17(11-20)21-3/h4-5,10,13,16-17H,6-9,11,19H2,1-3H3. The Morgan fingerprint density at radius 1 is 1.48 bits per heavy atom. The monoisotopic (exact) mass is 294 g/mol. The Labute approximate surface area is 127 Å². The Morgan fingerprint density at radius 3 is 2.90 bits per heavy atom. The van der Waals surface area contributed by atoms with E-state index in [1.807, 2.05) is 6.07 Å². The summed E-state index contributed by atoms with van der Waals surface area (Å²) in [6.45, 7) is 7.00. The molecule has 1 aliphatic heterocycles. The number of ether oxygens (including phenoxy) is 1. The van der Waals surface area contributed by atoms with Gasteiger partial charge in [0.05, 0.1) is 6.10 Å². The van der Waals surface area contributed by atoms with Crippen molar-refractivity contribution in [2.45, 2.75) is 38.8 Å². The molecule has 21 heavy (non-hydrogen) atoms. The summed E-state index contributed by atoms with van der Waals surface area (Å²) in [5.74, 6) is 0.445. The van der Waals surface area contributed by atoms with Crippen molar-refractivity contribution in [3.8, 4) is 0 Å². The number of benzene rings is 1. The molecule has 0 spiro atoms. The van der Waals surface area contributed by atoms with Gasteiger partial charge in [0.15, 0.2) is 0 Å². The molecule has 0 aliphatic carbocycles. The number of hydrogen-bond acceptors (Lipinski definition) is 3. The van der Waals surface area contributed by atoms with Gasteiger partial charge in [-0.1, -0.05) is 19.1 Å². The molecule has 3 atom stereocenters.